The summed E-state index contributed by atoms with van der Waals surface area (Å²) < 4.78 is 6.50. The molecule has 0 saturated heterocycles. The zero-order chi connectivity index (χ0) is 15.2. The van der Waals surface area contributed by atoms with Crippen LogP contribution in [0.15, 0.2) is 27.8 Å². The summed E-state index contributed by atoms with van der Waals surface area (Å²) in [6.07, 6.45) is 4.43. The quantitative estimate of drug-likeness (QED) is 0.819. The second kappa shape index (κ2) is 7.59. The van der Waals surface area contributed by atoms with E-state index in [1.807, 2.05) is 25.1 Å². The number of rotatable bonds is 5. The summed E-state index contributed by atoms with van der Waals surface area (Å²) in [5.74, 6) is 0.996. The SMILES string of the molecule is CCC1CCCC1=NNC(=O)COc1ccc(Br)c(C)c1. The molecule has 0 aromatic heterocycles. The van der Waals surface area contributed by atoms with Crippen molar-refractivity contribution in [3.05, 3.63) is 28.2 Å². The fraction of sp³-hybridized carbons (Fsp3) is 0.500. The molecule has 1 aromatic carbocycles. The Hall–Kier alpha value is -1.36. The van der Waals surface area contributed by atoms with Crippen molar-refractivity contribution in [2.75, 3.05) is 6.61 Å². The van der Waals surface area contributed by atoms with Crippen LogP contribution in [0.3, 0.4) is 0 Å². The molecule has 21 heavy (non-hydrogen) atoms. The molecule has 0 spiro atoms. The lowest BCUT2D eigenvalue weighted by Gasteiger charge is -2.09. The predicted molar refractivity (Wildman–Crippen MR) is 87.6 cm³/mol. The molecule has 1 N–H and O–H groups in total. The normalized spacial score (nSPS) is 19.8. The van der Waals surface area contributed by atoms with Gasteiger partial charge in [0.05, 0.1) is 0 Å². The third-order valence-corrected chi connectivity index (χ3v) is 4.66. The topological polar surface area (TPSA) is 50.7 Å². The first-order chi connectivity index (χ1) is 10.1. The highest BCUT2D eigenvalue weighted by atomic mass is 79.9. The number of hydrogen-bond donors (Lipinski definition) is 1. The van der Waals surface area contributed by atoms with Crippen molar-refractivity contribution in [1.29, 1.82) is 0 Å². The molecule has 5 heteroatoms. The summed E-state index contributed by atoms with van der Waals surface area (Å²) >= 11 is 3.43. The molecule has 1 unspecified atom stereocenters. The molecule has 4 nitrogen and oxygen atoms in total. The van der Waals surface area contributed by atoms with Crippen LogP contribution >= 0.6 is 15.9 Å². The van der Waals surface area contributed by atoms with Crippen LogP contribution in [-0.4, -0.2) is 18.2 Å². The Morgan fingerprint density at radius 1 is 1.52 bits per heavy atom. The minimum atomic E-state index is -0.218. The number of hydrazone groups is 1. The summed E-state index contributed by atoms with van der Waals surface area (Å²) in [6, 6.07) is 5.64. The summed E-state index contributed by atoms with van der Waals surface area (Å²) in [7, 11) is 0. The van der Waals surface area contributed by atoms with Crippen LogP contribution in [0.2, 0.25) is 0 Å². The van der Waals surface area contributed by atoms with Crippen molar-refractivity contribution in [3.8, 4) is 5.75 Å². The molecule has 0 heterocycles. The Balaban J connectivity index is 1.82. The van der Waals surface area contributed by atoms with Gasteiger partial charge >= 0.3 is 0 Å². The van der Waals surface area contributed by atoms with Gasteiger partial charge in [-0.1, -0.05) is 22.9 Å². The smallest absolute Gasteiger partial charge is 0.277 e. The minimum absolute atomic E-state index is 0.0192. The van der Waals surface area contributed by atoms with E-state index in [-0.39, 0.29) is 12.5 Å². The highest BCUT2D eigenvalue weighted by molar-refractivity contribution is 9.10. The average Bonchev–Trinajstić information content (AvgIpc) is 2.94. The van der Waals surface area contributed by atoms with E-state index in [1.54, 1.807) is 0 Å². The molecule has 2 rings (SSSR count). The van der Waals surface area contributed by atoms with Crippen molar-refractivity contribution >= 4 is 27.5 Å². The lowest BCUT2D eigenvalue weighted by Crippen LogP contribution is -2.26. The molecule has 1 amide bonds. The van der Waals surface area contributed by atoms with E-state index < -0.39 is 0 Å². The highest BCUT2D eigenvalue weighted by Gasteiger charge is 2.20. The second-order valence-corrected chi connectivity index (χ2v) is 6.19. The van der Waals surface area contributed by atoms with Crippen LogP contribution in [0, 0.1) is 12.8 Å². The van der Waals surface area contributed by atoms with E-state index in [0.29, 0.717) is 11.7 Å². The molecule has 1 atom stereocenters. The summed E-state index contributed by atoms with van der Waals surface area (Å²) in [6.45, 7) is 4.12. The van der Waals surface area contributed by atoms with Gasteiger partial charge in [-0.15, -0.1) is 0 Å². The standard InChI is InChI=1S/C16H21BrN2O2/c1-3-12-5-4-6-15(12)18-19-16(20)10-21-13-7-8-14(17)11(2)9-13/h7-9,12H,3-6,10H2,1-2H3,(H,19,20). The number of hydrogen-bond acceptors (Lipinski definition) is 3. The number of carbonyl (C=O) groups excluding carboxylic acids is 1. The van der Waals surface area contributed by atoms with Gasteiger partial charge in [0.2, 0.25) is 0 Å². The van der Waals surface area contributed by atoms with Gasteiger partial charge in [-0.05, 0) is 62.3 Å². The van der Waals surface area contributed by atoms with Crippen LogP contribution in [-0.2, 0) is 4.79 Å². The van der Waals surface area contributed by atoms with E-state index in [2.05, 4.69) is 33.4 Å². The maximum atomic E-state index is 11.8. The van der Waals surface area contributed by atoms with Gasteiger partial charge in [-0.3, -0.25) is 4.79 Å². The fourth-order valence-electron chi connectivity index (χ4n) is 2.51. The van der Waals surface area contributed by atoms with Crippen molar-refractivity contribution in [2.24, 2.45) is 11.0 Å². The average molecular weight is 353 g/mol. The maximum Gasteiger partial charge on any atom is 0.277 e. The van der Waals surface area contributed by atoms with Crippen LogP contribution in [0.25, 0.3) is 0 Å². The van der Waals surface area contributed by atoms with Crippen molar-refractivity contribution in [2.45, 2.75) is 39.5 Å². The number of amides is 1. The molecule has 1 fully saturated rings. The van der Waals surface area contributed by atoms with Gasteiger partial charge in [-0.2, -0.15) is 5.10 Å². The number of benzene rings is 1. The van der Waals surface area contributed by atoms with Crippen LogP contribution in [0.5, 0.6) is 5.75 Å². The second-order valence-electron chi connectivity index (χ2n) is 5.34. The zero-order valence-electron chi connectivity index (χ0n) is 12.5. The van der Waals surface area contributed by atoms with Gasteiger partial charge < -0.3 is 4.74 Å². The van der Waals surface area contributed by atoms with E-state index in [9.17, 15) is 4.79 Å². The monoisotopic (exact) mass is 352 g/mol. The first kappa shape index (κ1) is 16.0. The largest absolute Gasteiger partial charge is 0.484 e. The minimum Gasteiger partial charge on any atom is -0.484 e. The summed E-state index contributed by atoms with van der Waals surface area (Å²) in [5, 5.41) is 4.25. The molecular weight excluding hydrogens is 332 g/mol. The Kier molecular flexibility index (Phi) is 5.79. The number of halogens is 1. The third kappa shape index (κ3) is 4.56. The number of carbonyl (C=O) groups is 1. The first-order valence-corrected chi connectivity index (χ1v) is 8.13. The third-order valence-electron chi connectivity index (χ3n) is 3.77. The van der Waals surface area contributed by atoms with Gasteiger partial charge in [0.1, 0.15) is 5.75 Å². The lowest BCUT2D eigenvalue weighted by molar-refractivity contribution is -0.123. The van der Waals surface area contributed by atoms with E-state index in [0.717, 1.165) is 28.6 Å². The summed E-state index contributed by atoms with van der Waals surface area (Å²) in [4.78, 5) is 11.8. The Morgan fingerprint density at radius 2 is 2.33 bits per heavy atom. The highest BCUT2D eigenvalue weighted by Crippen LogP contribution is 2.25. The van der Waals surface area contributed by atoms with Crippen molar-refractivity contribution in [1.82, 2.24) is 5.43 Å². The predicted octanol–water partition coefficient (Wildman–Crippen LogP) is 3.82. The van der Waals surface area contributed by atoms with Gasteiger partial charge in [-0.25, -0.2) is 5.43 Å². The molecule has 1 saturated carbocycles. The van der Waals surface area contributed by atoms with Gasteiger partial charge in [0.15, 0.2) is 6.61 Å². The molecule has 114 valence electrons. The number of nitrogens with one attached hydrogen (secondary N) is 1. The molecule has 1 aliphatic carbocycles. The van der Waals surface area contributed by atoms with E-state index in [1.165, 1.54) is 12.8 Å². The molecule has 1 aliphatic rings. The molecule has 0 bridgehead atoms. The number of ether oxygens (including phenoxy) is 1. The van der Waals surface area contributed by atoms with Crippen LogP contribution in [0.4, 0.5) is 0 Å². The Labute approximate surface area is 134 Å². The van der Waals surface area contributed by atoms with Crippen molar-refractivity contribution in [3.63, 3.8) is 0 Å². The summed E-state index contributed by atoms with van der Waals surface area (Å²) in [5.41, 5.74) is 4.79. The first-order valence-electron chi connectivity index (χ1n) is 7.34. The maximum absolute atomic E-state index is 11.8. The van der Waals surface area contributed by atoms with Gasteiger partial charge in [0.25, 0.3) is 5.91 Å². The fourth-order valence-corrected chi connectivity index (χ4v) is 2.76. The molecular formula is C16H21BrN2O2. The Bertz CT molecular complexity index is 543. The number of aryl methyl sites for hydroxylation is 1. The molecule has 1 aromatic rings. The van der Waals surface area contributed by atoms with Crippen molar-refractivity contribution < 1.29 is 9.53 Å². The van der Waals surface area contributed by atoms with Crippen LogP contribution in [0.1, 0.15) is 38.2 Å². The van der Waals surface area contributed by atoms with E-state index >= 15 is 0 Å². The molecule has 0 radical (unpaired) electrons. The molecule has 0 aliphatic heterocycles. The van der Waals surface area contributed by atoms with Crippen LogP contribution < -0.4 is 10.2 Å². The Morgan fingerprint density at radius 3 is 3.05 bits per heavy atom. The van der Waals surface area contributed by atoms with E-state index in [4.69, 9.17) is 4.74 Å². The number of nitrogens with zero attached hydrogens (tertiary/aromatic N) is 1. The lowest BCUT2D eigenvalue weighted by atomic mass is 10.0. The zero-order valence-corrected chi connectivity index (χ0v) is 14.1. The van der Waals surface area contributed by atoms with Gasteiger partial charge in [0, 0.05) is 10.2 Å².